The fraction of sp³-hybridized carbons (Fsp3) is 0.522. The molecular weight excluding hydrogens is 456 g/mol. The second-order valence-electron chi connectivity index (χ2n) is 9.34. The van der Waals surface area contributed by atoms with Gasteiger partial charge < -0.3 is 26.0 Å². The third kappa shape index (κ3) is 3.51. The van der Waals surface area contributed by atoms with Crippen LogP contribution in [0.15, 0.2) is 12.1 Å². The van der Waals surface area contributed by atoms with Crippen molar-refractivity contribution in [1.82, 2.24) is 20.6 Å². The Morgan fingerprint density at radius 1 is 1.36 bits per heavy atom. The highest BCUT2D eigenvalue weighted by Crippen LogP contribution is 2.38. The van der Waals surface area contributed by atoms with Gasteiger partial charge in [-0.1, -0.05) is 6.07 Å². The van der Waals surface area contributed by atoms with Gasteiger partial charge in [0.25, 0.3) is 5.91 Å². The maximum absolute atomic E-state index is 12.9. The number of aromatic nitrogens is 2. The number of fused-ring (bicyclic) bond motifs is 2. The Morgan fingerprint density at radius 3 is 2.91 bits per heavy atom. The van der Waals surface area contributed by atoms with Crippen molar-refractivity contribution in [2.24, 2.45) is 0 Å². The number of nitrogens with two attached hydrogens (primary N) is 1. The number of hydrogen-bond donors (Lipinski definition) is 3. The van der Waals surface area contributed by atoms with Crippen molar-refractivity contribution in [1.29, 1.82) is 0 Å². The predicted octanol–water partition coefficient (Wildman–Crippen LogP) is 2.50. The van der Waals surface area contributed by atoms with E-state index in [1.165, 1.54) is 16.9 Å². The first kappa shape index (κ1) is 21.3. The number of thiophene rings is 1. The van der Waals surface area contributed by atoms with Gasteiger partial charge in [0.05, 0.1) is 27.0 Å². The number of nitrogens with one attached hydrogen (secondary N) is 2. The molecule has 8 nitrogen and oxygen atoms in total. The molecule has 0 saturated carbocycles. The molecule has 33 heavy (non-hydrogen) atoms. The summed E-state index contributed by atoms with van der Waals surface area (Å²) in [6.45, 7) is 4.81. The van der Waals surface area contributed by atoms with Gasteiger partial charge in [-0.15, -0.1) is 22.7 Å². The van der Waals surface area contributed by atoms with Gasteiger partial charge >= 0.3 is 0 Å². The number of rotatable bonds is 4. The lowest BCUT2D eigenvalue weighted by Crippen LogP contribution is -2.64. The topological polar surface area (TPSA) is 105 Å². The van der Waals surface area contributed by atoms with Gasteiger partial charge in [0.15, 0.2) is 0 Å². The summed E-state index contributed by atoms with van der Waals surface area (Å²) >= 11 is 2.92. The van der Waals surface area contributed by atoms with Crippen molar-refractivity contribution in [3.05, 3.63) is 33.3 Å². The molecule has 3 atom stereocenters. The molecule has 0 bridgehead atoms. The van der Waals surface area contributed by atoms with Crippen LogP contribution in [-0.4, -0.2) is 60.3 Å². The lowest BCUT2D eigenvalue weighted by molar-refractivity contribution is 0.0180. The molecule has 2 saturated heterocycles. The zero-order valence-corrected chi connectivity index (χ0v) is 20.4. The normalized spacial score (nSPS) is 26.5. The Morgan fingerprint density at radius 2 is 2.21 bits per heavy atom. The molecule has 2 aliphatic heterocycles. The van der Waals surface area contributed by atoms with Crippen molar-refractivity contribution < 1.29 is 9.53 Å². The van der Waals surface area contributed by atoms with Crippen LogP contribution < -0.4 is 21.3 Å². The number of carbonyl (C=O) groups excluding carboxylic acids is 1. The molecule has 3 aliphatic rings. The molecule has 1 aliphatic carbocycles. The molecule has 2 fully saturated rings. The number of anilines is 2. The van der Waals surface area contributed by atoms with Crippen molar-refractivity contribution in [3.63, 3.8) is 0 Å². The summed E-state index contributed by atoms with van der Waals surface area (Å²) in [4.78, 5) is 26.2. The average Bonchev–Trinajstić information content (AvgIpc) is 3.44. The largest absolute Gasteiger partial charge is 0.396 e. The van der Waals surface area contributed by atoms with Crippen LogP contribution in [0.25, 0.3) is 9.53 Å². The number of carbonyl (C=O) groups is 1. The van der Waals surface area contributed by atoms with Crippen LogP contribution in [0.2, 0.25) is 0 Å². The number of hydrogen-bond acceptors (Lipinski definition) is 9. The van der Waals surface area contributed by atoms with Crippen molar-refractivity contribution >= 4 is 49.6 Å². The molecule has 3 unspecified atom stereocenters. The summed E-state index contributed by atoms with van der Waals surface area (Å²) in [5.74, 6) is 0.928. The molecular formula is C23H28N6O2S2. The van der Waals surface area contributed by atoms with Crippen LogP contribution in [0.4, 0.5) is 11.5 Å². The number of pyridine rings is 1. The predicted molar refractivity (Wildman–Crippen MR) is 133 cm³/mol. The van der Waals surface area contributed by atoms with E-state index in [9.17, 15) is 4.79 Å². The first-order valence-electron chi connectivity index (χ1n) is 11.4. The third-order valence-electron chi connectivity index (χ3n) is 7.31. The van der Waals surface area contributed by atoms with Crippen molar-refractivity contribution in [2.75, 3.05) is 37.4 Å². The Kier molecular flexibility index (Phi) is 5.09. The van der Waals surface area contributed by atoms with Gasteiger partial charge in [-0.05, 0) is 50.8 Å². The maximum atomic E-state index is 12.9. The summed E-state index contributed by atoms with van der Waals surface area (Å²) < 4.78 is 6.69. The minimum absolute atomic E-state index is 0.0774. The van der Waals surface area contributed by atoms with Crippen LogP contribution >= 0.6 is 22.7 Å². The van der Waals surface area contributed by atoms with Gasteiger partial charge in [0.2, 0.25) is 0 Å². The molecule has 10 heteroatoms. The number of aryl methyl sites for hydroxylation is 2. The van der Waals surface area contributed by atoms with Crippen LogP contribution in [0.1, 0.15) is 38.8 Å². The highest BCUT2D eigenvalue weighted by atomic mass is 32.1. The van der Waals surface area contributed by atoms with Crippen molar-refractivity contribution in [2.45, 2.75) is 50.3 Å². The van der Waals surface area contributed by atoms with Gasteiger partial charge in [-0.25, -0.2) is 9.97 Å². The summed E-state index contributed by atoms with van der Waals surface area (Å²) in [5.41, 5.74) is 9.25. The molecule has 1 spiro atoms. The molecule has 174 valence electrons. The quantitative estimate of drug-likeness (QED) is 0.523. The van der Waals surface area contributed by atoms with Crippen LogP contribution in [0, 0.1) is 6.92 Å². The maximum Gasteiger partial charge on any atom is 0.263 e. The van der Waals surface area contributed by atoms with Gasteiger partial charge in [-0.3, -0.25) is 4.79 Å². The summed E-state index contributed by atoms with van der Waals surface area (Å²) in [6.07, 6.45) is 3.87. The van der Waals surface area contributed by atoms with E-state index in [1.54, 1.807) is 18.4 Å². The SMILES string of the molecule is COC1CN(c2ccc3c(n2)CCC(NC(=O)c2sc4nc(C)sc4c2N)C3)CC12CCN2. The second kappa shape index (κ2) is 7.90. The number of nitrogen functional groups attached to an aromatic ring is 1. The first-order chi connectivity index (χ1) is 16.0. The Labute approximate surface area is 200 Å². The minimum Gasteiger partial charge on any atom is -0.396 e. The van der Waals surface area contributed by atoms with E-state index < -0.39 is 0 Å². The smallest absolute Gasteiger partial charge is 0.263 e. The summed E-state index contributed by atoms with van der Waals surface area (Å²) in [6, 6.07) is 4.38. The molecule has 1 amide bonds. The van der Waals surface area contributed by atoms with Crippen LogP contribution in [0.5, 0.6) is 0 Å². The second-order valence-corrected chi connectivity index (χ2v) is 11.5. The third-order valence-corrected chi connectivity index (χ3v) is 9.55. The minimum atomic E-state index is -0.0978. The number of amides is 1. The lowest BCUT2D eigenvalue weighted by Gasteiger charge is -2.43. The number of nitrogens with zero attached hydrogens (tertiary/aromatic N) is 3. The molecule has 6 rings (SSSR count). The standard InChI is InChI=1S/C23H28N6O2S2/c1-12-26-22-20(32-12)18(24)19(33-22)21(30)27-14-4-5-15-13(9-14)3-6-17(28-15)29-10-16(31-2)23(11-29)7-8-25-23/h3,6,14,16,25H,4-5,7-11,24H2,1-2H3,(H,27,30). The van der Waals surface area contributed by atoms with E-state index in [4.69, 9.17) is 15.5 Å². The fourth-order valence-electron chi connectivity index (χ4n) is 5.43. The lowest BCUT2D eigenvalue weighted by atomic mass is 9.85. The molecule has 3 aromatic rings. The number of thiazole rings is 1. The zero-order chi connectivity index (χ0) is 22.7. The monoisotopic (exact) mass is 484 g/mol. The van der Waals surface area contributed by atoms with E-state index in [2.05, 4.69) is 32.7 Å². The van der Waals surface area contributed by atoms with Crippen LogP contribution in [-0.2, 0) is 17.6 Å². The number of ether oxygens (including phenoxy) is 1. The summed E-state index contributed by atoms with van der Waals surface area (Å²) in [7, 11) is 1.80. The van der Waals surface area contributed by atoms with Gasteiger partial charge in [0.1, 0.15) is 15.5 Å². The molecule has 0 radical (unpaired) electrons. The summed E-state index contributed by atoms with van der Waals surface area (Å²) in [5, 5.41) is 7.75. The van der Waals surface area contributed by atoms with E-state index in [1.807, 2.05) is 6.92 Å². The van der Waals surface area contributed by atoms with E-state index in [0.717, 1.165) is 71.4 Å². The zero-order valence-electron chi connectivity index (χ0n) is 18.8. The van der Waals surface area contributed by atoms with E-state index in [-0.39, 0.29) is 23.6 Å². The van der Waals surface area contributed by atoms with E-state index >= 15 is 0 Å². The van der Waals surface area contributed by atoms with Crippen LogP contribution in [0.3, 0.4) is 0 Å². The highest BCUT2D eigenvalue weighted by molar-refractivity contribution is 7.29. The molecule has 3 aromatic heterocycles. The average molecular weight is 485 g/mol. The Balaban J connectivity index is 1.14. The van der Waals surface area contributed by atoms with Gasteiger partial charge in [0, 0.05) is 31.9 Å². The van der Waals surface area contributed by atoms with E-state index in [0.29, 0.717) is 10.6 Å². The molecule has 0 aromatic carbocycles. The first-order valence-corrected chi connectivity index (χ1v) is 13.1. The Bertz CT molecular complexity index is 1230. The molecule has 5 heterocycles. The number of methoxy groups -OCH3 is 1. The highest BCUT2D eigenvalue weighted by Gasteiger charge is 2.51. The fourth-order valence-corrected chi connectivity index (χ4v) is 7.52. The molecule has 4 N–H and O–H groups in total. The van der Waals surface area contributed by atoms with Gasteiger partial charge in [-0.2, -0.15) is 0 Å². The van der Waals surface area contributed by atoms with Crippen molar-refractivity contribution in [3.8, 4) is 0 Å². The Hall–Kier alpha value is -2.27.